The van der Waals surface area contributed by atoms with Crippen molar-refractivity contribution in [1.82, 2.24) is 53.3 Å². The first-order valence-corrected chi connectivity index (χ1v) is 34.9. The molecule has 4 rings (SSSR count). The van der Waals surface area contributed by atoms with Gasteiger partial charge in [-0.2, -0.15) is 0 Å². The maximum Gasteiger partial charge on any atom is 0.246 e. The molecule has 616 valence electrons. The number of aliphatic hydroxyl groups is 16. The lowest BCUT2D eigenvalue weighted by atomic mass is 9.99. The van der Waals surface area contributed by atoms with Gasteiger partial charge >= 0.3 is 0 Å². The van der Waals surface area contributed by atoms with Crippen LogP contribution in [-0.4, -0.2) is 380 Å². The predicted molar refractivity (Wildman–Crippen MR) is 353 cm³/mol. The first kappa shape index (κ1) is 93.0. The molecule has 4 fully saturated rings. The first-order chi connectivity index (χ1) is 50.9. The Morgan fingerprint density at radius 1 is 0.318 bits per heavy atom. The van der Waals surface area contributed by atoms with Crippen LogP contribution in [0.3, 0.4) is 0 Å². The number of rotatable bonds is 49. The molecule has 46 heteroatoms. The van der Waals surface area contributed by atoms with Crippen LogP contribution in [0.5, 0.6) is 0 Å². The van der Waals surface area contributed by atoms with Crippen molar-refractivity contribution in [2.24, 2.45) is 11.6 Å². The lowest BCUT2D eigenvalue weighted by Crippen LogP contribution is -2.59. The Hall–Kier alpha value is -6.34. The van der Waals surface area contributed by atoms with Gasteiger partial charge in [0.25, 0.3) is 0 Å². The fourth-order valence-electron chi connectivity index (χ4n) is 11.1. The van der Waals surface area contributed by atoms with Gasteiger partial charge in [0.15, 0.2) is 25.2 Å². The number of carbonyl (C=O) groups excluding carboxylic acids is 10. The zero-order valence-corrected chi connectivity index (χ0v) is 58.6. The Morgan fingerprint density at radius 3 is 0.879 bits per heavy atom. The molecule has 0 saturated carbocycles. The summed E-state index contributed by atoms with van der Waals surface area (Å²) in [7, 11) is 0. The van der Waals surface area contributed by atoms with Gasteiger partial charge in [0.05, 0.1) is 33.0 Å². The van der Waals surface area contributed by atoms with Gasteiger partial charge in [-0.05, 0) is 77.0 Å². The van der Waals surface area contributed by atoms with Gasteiger partial charge in [-0.1, -0.05) is 0 Å². The van der Waals surface area contributed by atoms with Crippen molar-refractivity contribution in [2.75, 3.05) is 92.1 Å². The maximum absolute atomic E-state index is 14.6. The minimum atomic E-state index is -1.95. The molecule has 30 N–H and O–H groups in total. The molecule has 10 amide bonds. The van der Waals surface area contributed by atoms with E-state index in [1.807, 2.05) is 0 Å². The molecule has 0 bridgehead atoms. The second kappa shape index (κ2) is 49.0. The van der Waals surface area contributed by atoms with E-state index in [-0.39, 0.29) is 123 Å². The van der Waals surface area contributed by atoms with Gasteiger partial charge in [-0.25, -0.2) is 0 Å². The van der Waals surface area contributed by atoms with E-state index in [2.05, 4.69) is 53.3 Å². The van der Waals surface area contributed by atoms with Crippen LogP contribution in [0.1, 0.15) is 83.5 Å². The summed E-state index contributed by atoms with van der Waals surface area (Å²) >= 11 is 0. The molecule has 0 spiro atoms. The van der Waals surface area contributed by atoms with E-state index in [9.17, 15) is 130 Å². The highest BCUT2D eigenvalue weighted by Gasteiger charge is 2.48. The van der Waals surface area contributed by atoms with Crippen molar-refractivity contribution in [3.8, 4) is 0 Å². The van der Waals surface area contributed by atoms with Crippen molar-refractivity contribution in [3.05, 3.63) is 0 Å². The average molecular weight is 1550 g/mol. The van der Waals surface area contributed by atoms with E-state index in [0.717, 1.165) is 0 Å². The second-order valence-corrected chi connectivity index (χ2v) is 25.6. The molecule has 4 heterocycles. The van der Waals surface area contributed by atoms with Crippen LogP contribution >= 0.6 is 0 Å². The summed E-state index contributed by atoms with van der Waals surface area (Å²) in [5.41, 5.74) is 7.49. The number of hydrogen-bond donors (Lipinski definition) is 28. The van der Waals surface area contributed by atoms with Crippen LogP contribution in [0.4, 0.5) is 0 Å². The topological polar surface area (TPSA) is 741 Å². The van der Waals surface area contributed by atoms with Crippen molar-refractivity contribution >= 4 is 59.1 Å². The molecule has 46 nitrogen and oxygen atoms in total. The summed E-state index contributed by atoms with van der Waals surface area (Å²) in [4.78, 5) is 133. The van der Waals surface area contributed by atoms with Crippen LogP contribution in [0.15, 0.2) is 0 Å². The van der Waals surface area contributed by atoms with E-state index in [0.29, 0.717) is 0 Å². The minimum absolute atomic E-state index is 0.000661. The number of carbonyl (C=O) groups is 10. The van der Waals surface area contributed by atoms with Gasteiger partial charge in [0.1, 0.15) is 148 Å². The summed E-state index contributed by atoms with van der Waals surface area (Å²) in [5, 5.41) is 184. The molecule has 4 aliphatic rings. The van der Waals surface area contributed by atoms with Crippen LogP contribution in [-0.2, 0) is 85.8 Å². The van der Waals surface area contributed by atoms with Crippen molar-refractivity contribution in [2.45, 2.75) is 230 Å². The Labute approximate surface area is 612 Å². The molecule has 0 aliphatic carbocycles. The van der Waals surface area contributed by atoms with Gasteiger partial charge in [-0.15, -0.1) is 0 Å². The minimum Gasteiger partial charge on any atom is -0.394 e. The fraction of sp³-hybridized carbons (Fsp3) is 0.836. The molecule has 0 aromatic heterocycles. The molecular formula is C61H108N12O34. The molecule has 0 aromatic carbocycles. The largest absolute Gasteiger partial charge is 0.394 e. The number of hydrogen-bond acceptors (Lipinski definition) is 36. The van der Waals surface area contributed by atoms with E-state index in [4.69, 9.17) is 49.5 Å². The summed E-state index contributed by atoms with van der Waals surface area (Å²) in [6.07, 6.45) is -34.4. The third-order valence-corrected chi connectivity index (χ3v) is 17.4. The number of nitrogens with one attached hydrogen (secondary N) is 10. The van der Waals surface area contributed by atoms with Crippen molar-refractivity contribution in [3.63, 3.8) is 0 Å². The second-order valence-electron chi connectivity index (χ2n) is 25.6. The van der Waals surface area contributed by atoms with E-state index in [1.165, 1.54) is 0 Å². The molecular weight excluding hydrogens is 1440 g/mol. The Morgan fingerprint density at radius 2 is 0.579 bits per heavy atom. The number of nitrogens with two attached hydrogens (primary N) is 2. The highest BCUT2D eigenvalue weighted by molar-refractivity contribution is 5.94. The third-order valence-electron chi connectivity index (χ3n) is 17.4. The molecule has 24 atom stereocenters. The lowest BCUT2D eigenvalue weighted by molar-refractivity contribution is -0.299. The summed E-state index contributed by atoms with van der Waals surface area (Å²) in [6, 6.07) is -5.96. The van der Waals surface area contributed by atoms with Crippen molar-refractivity contribution < 1.29 is 168 Å². The SMILES string of the molecule is NNCC(=O)NCCCC[C@H](NC(=O)[C@H](CCCCNC(=O)[C@H](CCCCNC(=O)CO[C@H]1O[C@H](CO)[C@@H](O)[C@H](O)[C@@H]1O)NC(=O)CO[C@H]1O[C@H](CO)[C@@H](O)[C@H](O)[C@@H]1O)NC(=O)[C@H](CCCCNC(=O)CO[C@H]1O[C@H](CO)[C@@H](O)[C@H](O)[C@@H]1O)NC(=O)CO[C@H]1O[C@H](CO)[C@@H](O)[C@H](O)[C@@H]1O)C(=O)NCCC(N)=O. The van der Waals surface area contributed by atoms with E-state index < -0.39 is 259 Å². The van der Waals surface area contributed by atoms with Crippen LogP contribution in [0.2, 0.25) is 0 Å². The maximum atomic E-state index is 14.6. The Bertz CT molecular complexity index is 2740. The lowest BCUT2D eigenvalue weighted by Gasteiger charge is -2.39. The molecule has 4 aliphatic heterocycles. The highest BCUT2D eigenvalue weighted by Crippen LogP contribution is 2.26. The van der Waals surface area contributed by atoms with Crippen molar-refractivity contribution in [1.29, 1.82) is 0 Å². The van der Waals surface area contributed by atoms with Gasteiger partial charge in [0.2, 0.25) is 59.1 Å². The summed E-state index contributed by atoms with van der Waals surface area (Å²) in [5.74, 6) is -3.20. The van der Waals surface area contributed by atoms with E-state index in [1.54, 1.807) is 0 Å². The standard InChI is InChI=1S/C61H108N12O34/c62-36(78)13-18-68-55(97)29(10-2-5-14-64-37(79)19-69-63)72-57(99)31(73-56(98)30(71-41(83)27-103-61-53(95)49(91)45(87)35(23-77)107-61)11-3-7-16-66-39(81)25-101-59-51(93)47(89)43(85)33(21-75)105-59)12-4-8-17-67-54(96)28(70-40(82)26-102-60-52(94)48(90)44(86)34(22-76)106-60)9-1-6-15-65-38(80)24-100-58-50(92)46(88)42(84)32(20-74)104-58/h28-35,42-53,58-61,69,74-77,84-95H,1-27,63H2,(H2,62,78)(H,64,79)(H,65,80)(H,66,81)(H,67,96)(H,68,97)(H,70,82)(H,71,83)(H,72,99)(H,73,98)/t28-,29-,30-,31-,32+,33+,34+,35+,42+,43+,44+,45+,46-,47-,48-,49-,50-,51-,52-,53-,58-,59-,60-,61-/m0/s1. The smallest absolute Gasteiger partial charge is 0.246 e. The van der Waals surface area contributed by atoms with Gasteiger partial charge in [0, 0.05) is 39.1 Å². The number of ether oxygens (including phenoxy) is 8. The van der Waals surface area contributed by atoms with Crippen LogP contribution in [0.25, 0.3) is 0 Å². The molecule has 107 heavy (non-hydrogen) atoms. The predicted octanol–water partition coefficient (Wildman–Crippen LogP) is -16.2. The summed E-state index contributed by atoms with van der Waals surface area (Å²) in [6.45, 7) is -7.32. The fourth-order valence-corrected chi connectivity index (χ4v) is 11.1. The van der Waals surface area contributed by atoms with Gasteiger partial charge < -0.3 is 173 Å². The van der Waals surface area contributed by atoms with Crippen LogP contribution < -0.4 is 64.9 Å². The monoisotopic (exact) mass is 1550 g/mol. The molecule has 0 radical (unpaired) electrons. The van der Waals surface area contributed by atoms with E-state index >= 15 is 0 Å². The normalized spacial score (nSPS) is 29.7. The third kappa shape index (κ3) is 31.2. The van der Waals surface area contributed by atoms with Crippen LogP contribution in [0, 0.1) is 0 Å². The van der Waals surface area contributed by atoms with Gasteiger partial charge in [-0.3, -0.25) is 59.2 Å². The average Bonchev–Trinajstić information content (AvgIpc) is 0.839. The summed E-state index contributed by atoms with van der Waals surface area (Å²) < 4.78 is 42.4. The number of amides is 10. The molecule has 0 unspecified atom stereocenters. The number of aliphatic hydroxyl groups excluding tert-OH is 16. The quantitative estimate of drug-likeness (QED) is 0.0153. The zero-order valence-electron chi connectivity index (χ0n) is 58.6. The Kier molecular flexibility index (Phi) is 42.6. The zero-order chi connectivity index (χ0) is 79.4. The number of hydrazine groups is 1. The Balaban J connectivity index is 1.54. The molecule has 0 aromatic rings. The highest BCUT2D eigenvalue weighted by atomic mass is 16.7. The number of unbranched alkanes of at least 4 members (excludes halogenated alkanes) is 4. The number of primary amides is 1. The molecule has 4 saturated heterocycles. The first-order valence-electron chi connectivity index (χ1n) is 34.9.